The van der Waals surface area contributed by atoms with Crippen LogP contribution in [0.25, 0.3) is 0 Å². The molecule has 1 unspecified atom stereocenters. The summed E-state index contributed by atoms with van der Waals surface area (Å²) >= 11 is 0. The SMILES string of the molecule is CCC(Nc1c(Nc2ccnc(C)c2O)c(=O)c1=O)c1ccccc1. The summed E-state index contributed by atoms with van der Waals surface area (Å²) in [5.41, 5.74) is 1.08. The first kappa shape index (κ1) is 16.7. The van der Waals surface area contributed by atoms with Crippen LogP contribution in [0.3, 0.4) is 0 Å². The lowest BCUT2D eigenvalue weighted by Gasteiger charge is -2.22. The number of aromatic hydroxyl groups is 1. The Kier molecular flexibility index (Phi) is 4.52. The zero-order valence-electron chi connectivity index (χ0n) is 14.0. The van der Waals surface area contributed by atoms with E-state index in [-0.39, 0.29) is 23.2 Å². The quantitative estimate of drug-likeness (QED) is 0.599. The number of nitrogens with zero attached hydrogens (tertiary/aromatic N) is 1. The lowest BCUT2D eigenvalue weighted by Crippen LogP contribution is -2.37. The Morgan fingerprint density at radius 3 is 2.44 bits per heavy atom. The summed E-state index contributed by atoms with van der Waals surface area (Å²) in [6.45, 7) is 3.66. The number of aromatic nitrogens is 1. The molecule has 0 aliphatic rings. The van der Waals surface area contributed by atoms with Crippen molar-refractivity contribution in [2.24, 2.45) is 0 Å². The first-order valence-corrected chi connectivity index (χ1v) is 8.09. The number of pyridine rings is 1. The van der Waals surface area contributed by atoms with E-state index in [0.717, 1.165) is 12.0 Å². The van der Waals surface area contributed by atoms with Crippen LogP contribution in [0, 0.1) is 6.92 Å². The second-order valence-corrected chi connectivity index (χ2v) is 5.84. The third-order valence-electron chi connectivity index (χ3n) is 4.21. The van der Waals surface area contributed by atoms with Gasteiger partial charge in [0, 0.05) is 6.20 Å². The van der Waals surface area contributed by atoms with Crippen LogP contribution in [-0.4, -0.2) is 10.1 Å². The highest BCUT2D eigenvalue weighted by atomic mass is 16.3. The number of benzene rings is 1. The number of hydrogen-bond donors (Lipinski definition) is 3. The Morgan fingerprint density at radius 2 is 1.76 bits per heavy atom. The molecule has 0 radical (unpaired) electrons. The molecule has 2 aromatic carbocycles. The lowest BCUT2D eigenvalue weighted by atomic mass is 10.0. The molecule has 3 rings (SSSR count). The predicted octanol–water partition coefficient (Wildman–Crippen LogP) is 3.00. The van der Waals surface area contributed by atoms with Gasteiger partial charge in [0.15, 0.2) is 5.75 Å². The number of anilines is 3. The van der Waals surface area contributed by atoms with Crippen LogP contribution in [0.15, 0.2) is 52.2 Å². The summed E-state index contributed by atoms with van der Waals surface area (Å²) in [5.74, 6) is -0.0448. The van der Waals surface area contributed by atoms with Crippen LogP contribution >= 0.6 is 0 Å². The first-order valence-electron chi connectivity index (χ1n) is 8.09. The minimum Gasteiger partial charge on any atom is -0.504 e. The molecule has 3 aromatic rings. The summed E-state index contributed by atoms with van der Waals surface area (Å²) in [6.07, 6.45) is 2.27. The molecule has 3 N–H and O–H groups in total. The second-order valence-electron chi connectivity index (χ2n) is 5.84. The monoisotopic (exact) mass is 337 g/mol. The molecule has 6 nitrogen and oxygen atoms in total. The third-order valence-corrected chi connectivity index (χ3v) is 4.21. The van der Waals surface area contributed by atoms with E-state index in [1.807, 2.05) is 37.3 Å². The van der Waals surface area contributed by atoms with Crippen molar-refractivity contribution in [2.45, 2.75) is 26.3 Å². The molecule has 0 aliphatic carbocycles. The molecule has 0 aliphatic heterocycles. The molecule has 1 heterocycles. The normalized spacial score (nSPS) is 12.1. The summed E-state index contributed by atoms with van der Waals surface area (Å²) in [5, 5.41) is 16.1. The van der Waals surface area contributed by atoms with Gasteiger partial charge in [-0.3, -0.25) is 14.6 Å². The van der Waals surface area contributed by atoms with Crippen LogP contribution in [0.4, 0.5) is 17.1 Å². The molecule has 0 bridgehead atoms. The molecule has 0 saturated carbocycles. The molecule has 0 amide bonds. The smallest absolute Gasteiger partial charge is 0.253 e. The molecule has 6 heteroatoms. The van der Waals surface area contributed by atoms with Crippen LogP contribution < -0.4 is 21.5 Å². The van der Waals surface area contributed by atoms with Crippen LogP contribution in [0.5, 0.6) is 5.75 Å². The van der Waals surface area contributed by atoms with E-state index in [4.69, 9.17) is 0 Å². The van der Waals surface area contributed by atoms with Crippen molar-refractivity contribution in [2.75, 3.05) is 10.6 Å². The van der Waals surface area contributed by atoms with Crippen molar-refractivity contribution in [3.05, 3.63) is 74.3 Å². The van der Waals surface area contributed by atoms with Gasteiger partial charge < -0.3 is 15.7 Å². The van der Waals surface area contributed by atoms with Crippen molar-refractivity contribution < 1.29 is 5.11 Å². The first-order chi connectivity index (χ1) is 12.0. The number of rotatable bonds is 6. The minimum absolute atomic E-state index is 0.0448. The number of aryl methyl sites for hydroxylation is 1. The molecule has 128 valence electrons. The fourth-order valence-electron chi connectivity index (χ4n) is 2.72. The average Bonchev–Trinajstić information content (AvgIpc) is 2.64. The van der Waals surface area contributed by atoms with Gasteiger partial charge in [-0.1, -0.05) is 37.3 Å². The third kappa shape index (κ3) is 3.10. The Bertz CT molecular complexity index is 960. The van der Waals surface area contributed by atoms with Gasteiger partial charge in [0.05, 0.1) is 17.4 Å². The van der Waals surface area contributed by atoms with E-state index in [1.54, 1.807) is 13.0 Å². The second kappa shape index (κ2) is 6.76. The Labute approximate surface area is 144 Å². The van der Waals surface area contributed by atoms with Crippen molar-refractivity contribution >= 4 is 17.1 Å². The Balaban J connectivity index is 1.89. The highest BCUT2D eigenvalue weighted by molar-refractivity contribution is 5.80. The standard InChI is InChI=1S/C19H19N3O3/c1-3-13(12-7-5-4-6-8-12)21-15-16(19(25)18(15)24)22-14-9-10-20-11(2)17(14)23/h4-10,13,21,23H,3H2,1-2H3,(H,20,22). The summed E-state index contributed by atoms with van der Waals surface area (Å²) in [4.78, 5) is 28.0. The van der Waals surface area contributed by atoms with E-state index in [9.17, 15) is 14.7 Å². The average molecular weight is 337 g/mol. The number of nitrogens with one attached hydrogen (secondary N) is 2. The van der Waals surface area contributed by atoms with Crippen molar-refractivity contribution in [1.29, 1.82) is 0 Å². The molecule has 0 spiro atoms. The maximum Gasteiger partial charge on any atom is 0.253 e. The molecule has 0 saturated heterocycles. The van der Waals surface area contributed by atoms with E-state index in [2.05, 4.69) is 15.6 Å². The van der Waals surface area contributed by atoms with Crippen molar-refractivity contribution in [1.82, 2.24) is 4.98 Å². The van der Waals surface area contributed by atoms with Gasteiger partial charge in [0.1, 0.15) is 11.4 Å². The van der Waals surface area contributed by atoms with Gasteiger partial charge in [0.2, 0.25) is 0 Å². The topological polar surface area (TPSA) is 91.3 Å². The van der Waals surface area contributed by atoms with Crippen LogP contribution in [-0.2, 0) is 0 Å². The molecule has 1 aromatic heterocycles. The fourth-order valence-corrected chi connectivity index (χ4v) is 2.72. The Hall–Kier alpha value is -3.15. The minimum atomic E-state index is -0.598. The van der Waals surface area contributed by atoms with Gasteiger partial charge in [-0.05, 0) is 25.0 Å². The molecule has 0 fully saturated rings. The number of hydrogen-bond acceptors (Lipinski definition) is 6. The zero-order valence-corrected chi connectivity index (χ0v) is 14.0. The van der Waals surface area contributed by atoms with E-state index in [0.29, 0.717) is 11.4 Å². The van der Waals surface area contributed by atoms with Gasteiger partial charge >= 0.3 is 0 Å². The molecule has 25 heavy (non-hydrogen) atoms. The maximum absolute atomic E-state index is 12.0. The fraction of sp³-hybridized carbons (Fsp3) is 0.211. The van der Waals surface area contributed by atoms with Gasteiger partial charge in [0.25, 0.3) is 10.9 Å². The van der Waals surface area contributed by atoms with Crippen molar-refractivity contribution in [3.8, 4) is 5.75 Å². The lowest BCUT2D eigenvalue weighted by molar-refractivity contribution is 0.470. The Morgan fingerprint density at radius 1 is 1.08 bits per heavy atom. The molecule has 1 atom stereocenters. The van der Waals surface area contributed by atoms with Gasteiger partial charge in [-0.25, -0.2) is 0 Å². The highest BCUT2D eigenvalue weighted by Crippen LogP contribution is 2.31. The largest absolute Gasteiger partial charge is 0.504 e. The van der Waals surface area contributed by atoms with E-state index in [1.165, 1.54) is 6.20 Å². The van der Waals surface area contributed by atoms with Crippen LogP contribution in [0.1, 0.15) is 30.6 Å². The predicted molar refractivity (Wildman–Crippen MR) is 98.4 cm³/mol. The summed E-state index contributed by atoms with van der Waals surface area (Å²) in [6, 6.07) is 11.2. The van der Waals surface area contributed by atoms with Gasteiger partial charge in [-0.15, -0.1) is 0 Å². The zero-order chi connectivity index (χ0) is 18.0. The summed E-state index contributed by atoms with van der Waals surface area (Å²) < 4.78 is 0. The molecular formula is C19H19N3O3. The van der Waals surface area contributed by atoms with E-state index >= 15 is 0 Å². The summed E-state index contributed by atoms with van der Waals surface area (Å²) in [7, 11) is 0. The highest BCUT2D eigenvalue weighted by Gasteiger charge is 2.24. The van der Waals surface area contributed by atoms with Crippen molar-refractivity contribution in [3.63, 3.8) is 0 Å². The van der Waals surface area contributed by atoms with Gasteiger partial charge in [-0.2, -0.15) is 0 Å². The van der Waals surface area contributed by atoms with Crippen LogP contribution in [0.2, 0.25) is 0 Å². The maximum atomic E-state index is 12.0. The van der Waals surface area contributed by atoms with E-state index < -0.39 is 10.9 Å². The molecular weight excluding hydrogens is 318 g/mol.